The van der Waals surface area contributed by atoms with Crippen LogP contribution in [0.15, 0.2) is 28.7 Å². The van der Waals surface area contributed by atoms with Gasteiger partial charge in [-0.25, -0.2) is 12.7 Å². The topological polar surface area (TPSA) is 52.7 Å². The Morgan fingerprint density at radius 2 is 1.86 bits per heavy atom. The number of halogens is 1. The third-order valence-electron chi connectivity index (χ3n) is 3.67. The maximum Gasteiger partial charge on any atom is 0.215 e. The van der Waals surface area contributed by atoms with Crippen LogP contribution < -0.4 is 5.32 Å². The molecular weight excluding hydrogens is 354 g/mol. The number of hydrogen-bond donors (Lipinski definition) is 1. The largest absolute Gasteiger partial charge is 0.314 e. The molecule has 0 amide bonds. The fourth-order valence-corrected chi connectivity index (χ4v) is 3.69. The Kier molecular flexibility index (Phi) is 6.19. The zero-order valence-corrected chi connectivity index (χ0v) is 14.7. The molecule has 21 heavy (non-hydrogen) atoms. The Bertz CT molecular complexity index is 542. The van der Waals surface area contributed by atoms with Crippen molar-refractivity contribution in [1.29, 1.82) is 0 Å². The van der Waals surface area contributed by atoms with Gasteiger partial charge in [-0.15, -0.1) is 0 Å². The van der Waals surface area contributed by atoms with E-state index in [1.165, 1.54) is 4.31 Å². The summed E-state index contributed by atoms with van der Waals surface area (Å²) in [4.78, 5) is 2.20. The van der Waals surface area contributed by atoms with Gasteiger partial charge in [-0.1, -0.05) is 28.1 Å². The fraction of sp³-hybridized carbons (Fsp3) is 0.571. The van der Waals surface area contributed by atoms with E-state index in [-0.39, 0.29) is 5.75 Å². The maximum absolute atomic E-state index is 12.3. The monoisotopic (exact) mass is 375 g/mol. The molecule has 0 aromatic heterocycles. The highest BCUT2D eigenvalue weighted by Gasteiger charge is 2.20. The molecule has 1 aromatic rings. The summed E-state index contributed by atoms with van der Waals surface area (Å²) < 4.78 is 27.1. The van der Waals surface area contributed by atoms with Crippen molar-refractivity contribution >= 4 is 26.0 Å². The minimum absolute atomic E-state index is 0.181. The van der Waals surface area contributed by atoms with Gasteiger partial charge in [0.15, 0.2) is 0 Å². The molecule has 2 rings (SSSR count). The summed E-state index contributed by atoms with van der Waals surface area (Å²) in [6.45, 7) is 4.74. The fourth-order valence-electron chi connectivity index (χ4n) is 2.28. The van der Waals surface area contributed by atoms with Gasteiger partial charge in [0.05, 0.1) is 5.75 Å². The first-order chi connectivity index (χ1) is 9.97. The van der Waals surface area contributed by atoms with Gasteiger partial charge < -0.3 is 5.32 Å². The van der Waals surface area contributed by atoms with E-state index in [0.717, 1.165) is 36.2 Å². The van der Waals surface area contributed by atoms with Crippen LogP contribution in [0.1, 0.15) is 5.56 Å². The first-order valence-corrected chi connectivity index (χ1v) is 9.49. The molecule has 0 spiro atoms. The van der Waals surface area contributed by atoms with E-state index in [1.807, 2.05) is 24.3 Å². The third kappa shape index (κ3) is 5.34. The lowest BCUT2D eigenvalue weighted by Crippen LogP contribution is -2.46. The zero-order chi connectivity index (χ0) is 15.3. The molecule has 7 heteroatoms. The van der Waals surface area contributed by atoms with Crippen LogP contribution in [0.2, 0.25) is 0 Å². The van der Waals surface area contributed by atoms with Gasteiger partial charge in [-0.3, -0.25) is 4.90 Å². The molecule has 0 aliphatic carbocycles. The molecule has 0 bridgehead atoms. The number of sulfonamides is 1. The van der Waals surface area contributed by atoms with Crippen molar-refractivity contribution in [3.63, 3.8) is 0 Å². The van der Waals surface area contributed by atoms with Crippen LogP contribution in [0.5, 0.6) is 0 Å². The summed E-state index contributed by atoms with van der Waals surface area (Å²) in [6.07, 6.45) is 0. The van der Waals surface area contributed by atoms with E-state index in [0.29, 0.717) is 13.1 Å². The second-order valence-corrected chi connectivity index (χ2v) is 8.40. The van der Waals surface area contributed by atoms with E-state index in [4.69, 9.17) is 0 Å². The van der Waals surface area contributed by atoms with Crippen LogP contribution in [0.3, 0.4) is 0 Å². The smallest absolute Gasteiger partial charge is 0.215 e. The van der Waals surface area contributed by atoms with Gasteiger partial charge in [-0.05, 0) is 17.7 Å². The number of hydrogen-bond acceptors (Lipinski definition) is 4. The van der Waals surface area contributed by atoms with Gasteiger partial charge in [-0.2, -0.15) is 0 Å². The number of benzene rings is 1. The SMILES string of the molecule is CN(Cc1ccc(Br)cc1)S(=O)(=O)CCN1CCNCC1. The van der Waals surface area contributed by atoms with Gasteiger partial charge in [0, 0.05) is 50.8 Å². The summed E-state index contributed by atoms with van der Waals surface area (Å²) in [6, 6.07) is 7.73. The molecular formula is C14H22BrN3O2S. The Hall–Kier alpha value is -0.470. The minimum atomic E-state index is -3.21. The van der Waals surface area contributed by atoms with Crippen LogP contribution in [0, 0.1) is 0 Å². The molecule has 1 aliphatic heterocycles. The first kappa shape index (κ1) is 16.9. The maximum atomic E-state index is 12.3. The highest BCUT2D eigenvalue weighted by Crippen LogP contribution is 2.13. The molecule has 1 saturated heterocycles. The Labute approximate surface area is 135 Å². The number of piperazine rings is 1. The van der Waals surface area contributed by atoms with Crippen LogP contribution in [-0.2, 0) is 16.6 Å². The molecule has 0 saturated carbocycles. The van der Waals surface area contributed by atoms with Crippen molar-refractivity contribution in [2.24, 2.45) is 0 Å². The number of rotatable bonds is 6. The van der Waals surface area contributed by atoms with Crippen molar-refractivity contribution < 1.29 is 8.42 Å². The van der Waals surface area contributed by atoms with Crippen molar-refractivity contribution in [3.8, 4) is 0 Å². The second kappa shape index (κ2) is 7.69. The van der Waals surface area contributed by atoms with Crippen LogP contribution in [0.4, 0.5) is 0 Å². The lowest BCUT2D eigenvalue weighted by Gasteiger charge is -2.27. The van der Waals surface area contributed by atoms with Gasteiger partial charge in [0.1, 0.15) is 0 Å². The third-order valence-corrected chi connectivity index (χ3v) is 5.97. The number of nitrogens with one attached hydrogen (secondary N) is 1. The molecule has 0 unspecified atom stereocenters. The molecule has 1 aromatic carbocycles. The van der Waals surface area contributed by atoms with E-state index >= 15 is 0 Å². The van der Waals surface area contributed by atoms with Crippen LogP contribution in [0.25, 0.3) is 0 Å². The van der Waals surface area contributed by atoms with Gasteiger partial charge in [0.2, 0.25) is 10.0 Å². The molecule has 1 heterocycles. The van der Waals surface area contributed by atoms with E-state index < -0.39 is 10.0 Å². The molecule has 1 aliphatic rings. The Morgan fingerprint density at radius 3 is 2.48 bits per heavy atom. The predicted octanol–water partition coefficient (Wildman–Crippen LogP) is 1.12. The van der Waals surface area contributed by atoms with Crippen molar-refractivity contribution in [1.82, 2.24) is 14.5 Å². The van der Waals surface area contributed by atoms with Crippen molar-refractivity contribution in [2.75, 3.05) is 45.5 Å². The van der Waals surface area contributed by atoms with Crippen molar-refractivity contribution in [3.05, 3.63) is 34.3 Å². The second-order valence-electron chi connectivity index (χ2n) is 5.29. The van der Waals surface area contributed by atoms with E-state index in [2.05, 4.69) is 26.1 Å². The molecule has 1 N–H and O–H groups in total. The molecule has 0 atom stereocenters. The number of nitrogens with zero attached hydrogens (tertiary/aromatic N) is 2. The van der Waals surface area contributed by atoms with Gasteiger partial charge in [0.25, 0.3) is 0 Å². The predicted molar refractivity (Wildman–Crippen MR) is 88.7 cm³/mol. The average molecular weight is 376 g/mol. The molecule has 118 valence electrons. The quantitative estimate of drug-likeness (QED) is 0.809. The van der Waals surface area contributed by atoms with Gasteiger partial charge >= 0.3 is 0 Å². The summed E-state index contributed by atoms with van der Waals surface area (Å²) in [5.74, 6) is 0.181. The Balaban J connectivity index is 1.87. The average Bonchev–Trinajstić information content (AvgIpc) is 2.48. The molecule has 1 fully saturated rings. The molecule has 0 radical (unpaired) electrons. The highest BCUT2D eigenvalue weighted by molar-refractivity contribution is 9.10. The molecule has 5 nitrogen and oxygen atoms in total. The Morgan fingerprint density at radius 1 is 1.24 bits per heavy atom. The zero-order valence-electron chi connectivity index (χ0n) is 12.3. The van der Waals surface area contributed by atoms with E-state index in [1.54, 1.807) is 7.05 Å². The normalized spacial score (nSPS) is 17.3. The van der Waals surface area contributed by atoms with Crippen LogP contribution >= 0.6 is 15.9 Å². The summed E-state index contributed by atoms with van der Waals surface area (Å²) in [7, 11) is -1.56. The van der Waals surface area contributed by atoms with Crippen LogP contribution in [-0.4, -0.2) is 63.1 Å². The summed E-state index contributed by atoms with van der Waals surface area (Å²) >= 11 is 3.38. The van der Waals surface area contributed by atoms with Crippen molar-refractivity contribution in [2.45, 2.75) is 6.54 Å². The lowest BCUT2D eigenvalue weighted by atomic mass is 10.2. The summed E-state index contributed by atoms with van der Waals surface area (Å²) in [5.41, 5.74) is 0.992. The lowest BCUT2D eigenvalue weighted by molar-refractivity contribution is 0.252. The van der Waals surface area contributed by atoms with E-state index in [9.17, 15) is 8.42 Å². The standard InChI is InChI=1S/C14H22BrN3O2S/c1-17(12-13-2-4-14(15)5-3-13)21(19,20)11-10-18-8-6-16-7-9-18/h2-5,16H,6-12H2,1H3. The highest BCUT2D eigenvalue weighted by atomic mass is 79.9. The summed E-state index contributed by atoms with van der Waals surface area (Å²) in [5, 5.41) is 3.27. The minimum Gasteiger partial charge on any atom is -0.314 e. The first-order valence-electron chi connectivity index (χ1n) is 7.09.